The van der Waals surface area contributed by atoms with Gasteiger partial charge < -0.3 is 9.84 Å². The highest BCUT2D eigenvalue weighted by Gasteiger charge is 2.31. The second-order valence-electron chi connectivity index (χ2n) is 5.28. The second kappa shape index (κ2) is 5.21. The van der Waals surface area contributed by atoms with Crippen LogP contribution in [0.2, 0.25) is 0 Å². The molecular formula is C15H21NO3. The van der Waals surface area contributed by atoms with Gasteiger partial charge in [0.2, 0.25) is 0 Å². The highest BCUT2D eigenvalue weighted by Crippen LogP contribution is 2.33. The molecule has 1 atom stereocenters. The number of aliphatic carboxylic acids is 1. The molecule has 0 saturated heterocycles. The molecule has 1 aromatic rings. The van der Waals surface area contributed by atoms with E-state index in [2.05, 4.69) is 5.32 Å². The van der Waals surface area contributed by atoms with Crippen molar-refractivity contribution in [3.05, 3.63) is 28.3 Å². The molecule has 4 nitrogen and oxygen atoms in total. The van der Waals surface area contributed by atoms with Gasteiger partial charge in [-0.25, -0.2) is 0 Å². The van der Waals surface area contributed by atoms with Crippen molar-refractivity contribution in [3.8, 4) is 5.75 Å². The summed E-state index contributed by atoms with van der Waals surface area (Å²) in [7, 11) is 1.64. The molecule has 1 unspecified atom stereocenters. The van der Waals surface area contributed by atoms with Gasteiger partial charge in [0.1, 0.15) is 11.8 Å². The van der Waals surface area contributed by atoms with Crippen LogP contribution in [0.4, 0.5) is 0 Å². The molecule has 0 heterocycles. The Kier molecular flexibility index (Phi) is 3.80. The Morgan fingerprint density at radius 1 is 1.37 bits per heavy atom. The Bertz CT molecular complexity index is 507. The number of benzene rings is 1. The van der Waals surface area contributed by atoms with E-state index in [1.54, 1.807) is 7.11 Å². The lowest BCUT2D eigenvalue weighted by Gasteiger charge is -2.21. The summed E-state index contributed by atoms with van der Waals surface area (Å²) in [6.45, 7) is 5.88. The van der Waals surface area contributed by atoms with Gasteiger partial charge in [-0.05, 0) is 61.9 Å². The number of carboxylic acids is 1. The average molecular weight is 263 g/mol. The molecule has 4 heteroatoms. The molecule has 1 aliphatic carbocycles. The number of hydrogen-bond donors (Lipinski definition) is 2. The molecule has 19 heavy (non-hydrogen) atoms. The van der Waals surface area contributed by atoms with Crippen LogP contribution in [-0.4, -0.2) is 24.2 Å². The minimum atomic E-state index is -0.820. The highest BCUT2D eigenvalue weighted by atomic mass is 16.5. The molecule has 0 radical (unpaired) electrons. The van der Waals surface area contributed by atoms with Crippen molar-refractivity contribution in [2.75, 3.05) is 7.11 Å². The van der Waals surface area contributed by atoms with Crippen LogP contribution in [0.5, 0.6) is 5.75 Å². The second-order valence-corrected chi connectivity index (χ2v) is 5.28. The molecule has 0 aromatic heterocycles. The minimum absolute atomic E-state index is 0.350. The van der Waals surface area contributed by atoms with Crippen molar-refractivity contribution in [2.45, 2.75) is 45.7 Å². The van der Waals surface area contributed by atoms with Crippen molar-refractivity contribution in [1.29, 1.82) is 0 Å². The fourth-order valence-corrected chi connectivity index (χ4v) is 2.48. The number of carbonyl (C=O) groups is 1. The third-order valence-electron chi connectivity index (χ3n) is 3.81. The fourth-order valence-electron chi connectivity index (χ4n) is 2.48. The van der Waals surface area contributed by atoms with E-state index in [0.717, 1.165) is 40.8 Å². The summed E-state index contributed by atoms with van der Waals surface area (Å²) in [6.07, 6.45) is 2.13. The maximum atomic E-state index is 11.5. The number of hydrogen-bond acceptors (Lipinski definition) is 3. The zero-order valence-electron chi connectivity index (χ0n) is 11.9. The van der Waals surface area contributed by atoms with Crippen molar-refractivity contribution >= 4 is 5.97 Å². The molecular weight excluding hydrogens is 242 g/mol. The summed E-state index contributed by atoms with van der Waals surface area (Å²) >= 11 is 0. The first kappa shape index (κ1) is 13.9. The highest BCUT2D eigenvalue weighted by molar-refractivity contribution is 5.77. The lowest BCUT2D eigenvalue weighted by atomic mass is 9.93. The average Bonchev–Trinajstić information content (AvgIpc) is 3.15. The number of nitrogens with one attached hydrogen (secondary N) is 1. The van der Waals surface area contributed by atoms with Gasteiger partial charge in [-0.15, -0.1) is 0 Å². The molecule has 2 N–H and O–H groups in total. The van der Waals surface area contributed by atoms with E-state index in [1.807, 2.05) is 26.8 Å². The van der Waals surface area contributed by atoms with Crippen LogP contribution in [0.1, 0.15) is 41.1 Å². The van der Waals surface area contributed by atoms with Crippen molar-refractivity contribution in [3.63, 3.8) is 0 Å². The summed E-state index contributed by atoms with van der Waals surface area (Å²) in [4.78, 5) is 11.5. The molecule has 1 aromatic carbocycles. The van der Waals surface area contributed by atoms with E-state index in [0.29, 0.717) is 6.04 Å². The Hall–Kier alpha value is -1.55. The zero-order chi connectivity index (χ0) is 14.2. The van der Waals surface area contributed by atoms with E-state index in [-0.39, 0.29) is 0 Å². The summed E-state index contributed by atoms with van der Waals surface area (Å²) in [5.41, 5.74) is 3.82. The summed E-state index contributed by atoms with van der Waals surface area (Å²) in [5.74, 6) is 0.0239. The maximum Gasteiger partial charge on any atom is 0.325 e. The Labute approximate surface area is 113 Å². The Balaban J connectivity index is 2.44. The molecule has 0 bridgehead atoms. The van der Waals surface area contributed by atoms with Gasteiger partial charge >= 0.3 is 5.97 Å². The Morgan fingerprint density at radius 3 is 2.47 bits per heavy atom. The maximum absolute atomic E-state index is 11.5. The normalized spacial score (nSPS) is 16.2. The first-order valence-corrected chi connectivity index (χ1v) is 6.59. The molecule has 0 spiro atoms. The van der Waals surface area contributed by atoms with Crippen molar-refractivity contribution in [1.82, 2.24) is 5.32 Å². The summed E-state index contributed by atoms with van der Waals surface area (Å²) < 4.78 is 5.38. The molecule has 0 aliphatic heterocycles. The number of carboxylic acid groups (broad SMARTS) is 1. The summed E-state index contributed by atoms with van der Waals surface area (Å²) in [6, 6.07) is 1.65. The summed E-state index contributed by atoms with van der Waals surface area (Å²) in [5, 5.41) is 12.6. The SMILES string of the molecule is COc1c(C)cc(C(NC2CC2)C(=O)O)c(C)c1C. The van der Waals surface area contributed by atoms with Crippen LogP contribution in [0.3, 0.4) is 0 Å². The third-order valence-corrected chi connectivity index (χ3v) is 3.81. The molecule has 1 saturated carbocycles. The first-order valence-electron chi connectivity index (χ1n) is 6.59. The fraction of sp³-hybridized carbons (Fsp3) is 0.533. The Morgan fingerprint density at radius 2 is 2.00 bits per heavy atom. The van der Waals surface area contributed by atoms with Crippen LogP contribution in [-0.2, 0) is 4.79 Å². The molecule has 104 valence electrons. The van der Waals surface area contributed by atoms with Crippen LogP contribution >= 0.6 is 0 Å². The van der Waals surface area contributed by atoms with Crippen LogP contribution in [0.15, 0.2) is 6.07 Å². The van der Waals surface area contributed by atoms with Gasteiger partial charge in [-0.1, -0.05) is 0 Å². The van der Waals surface area contributed by atoms with Gasteiger partial charge in [0, 0.05) is 6.04 Å². The standard InChI is InChI=1S/C15H21NO3/c1-8-7-12(9(2)10(3)14(8)19-4)13(15(17)18)16-11-5-6-11/h7,11,13,16H,5-6H2,1-4H3,(H,17,18). The van der Waals surface area contributed by atoms with Gasteiger partial charge in [0.05, 0.1) is 7.11 Å². The topological polar surface area (TPSA) is 58.6 Å². The molecule has 1 fully saturated rings. The van der Waals surface area contributed by atoms with Crippen molar-refractivity contribution < 1.29 is 14.6 Å². The first-order chi connectivity index (χ1) is 8.95. The van der Waals surface area contributed by atoms with E-state index >= 15 is 0 Å². The van der Waals surface area contributed by atoms with Crippen molar-refractivity contribution in [2.24, 2.45) is 0 Å². The number of methoxy groups -OCH3 is 1. The number of aryl methyl sites for hydroxylation is 1. The molecule has 2 rings (SSSR count). The van der Waals surface area contributed by atoms with E-state index in [9.17, 15) is 9.90 Å². The van der Waals surface area contributed by atoms with Gasteiger partial charge in [-0.2, -0.15) is 0 Å². The van der Waals surface area contributed by atoms with Gasteiger partial charge in [-0.3, -0.25) is 10.1 Å². The van der Waals surface area contributed by atoms with Crippen LogP contribution in [0.25, 0.3) is 0 Å². The van der Waals surface area contributed by atoms with E-state index in [4.69, 9.17) is 4.74 Å². The predicted molar refractivity (Wildman–Crippen MR) is 73.7 cm³/mol. The minimum Gasteiger partial charge on any atom is -0.496 e. The van der Waals surface area contributed by atoms with E-state index in [1.165, 1.54) is 0 Å². The zero-order valence-corrected chi connectivity index (χ0v) is 11.9. The quantitative estimate of drug-likeness (QED) is 0.857. The largest absolute Gasteiger partial charge is 0.496 e. The van der Waals surface area contributed by atoms with Crippen LogP contribution in [0, 0.1) is 20.8 Å². The number of rotatable bonds is 5. The monoisotopic (exact) mass is 263 g/mol. The number of ether oxygens (including phenoxy) is 1. The molecule has 1 aliphatic rings. The van der Waals surface area contributed by atoms with Crippen LogP contribution < -0.4 is 10.1 Å². The predicted octanol–water partition coefficient (Wildman–Crippen LogP) is 2.50. The van der Waals surface area contributed by atoms with Gasteiger partial charge in [0.15, 0.2) is 0 Å². The third kappa shape index (κ3) is 2.73. The lowest BCUT2D eigenvalue weighted by Crippen LogP contribution is -2.31. The molecule has 0 amide bonds. The smallest absolute Gasteiger partial charge is 0.325 e. The lowest BCUT2D eigenvalue weighted by molar-refractivity contribution is -0.139. The van der Waals surface area contributed by atoms with E-state index < -0.39 is 12.0 Å². The van der Waals surface area contributed by atoms with Gasteiger partial charge in [0.25, 0.3) is 0 Å².